The van der Waals surface area contributed by atoms with Gasteiger partial charge in [-0.2, -0.15) is 0 Å². The molecule has 2 atom stereocenters. The van der Waals surface area contributed by atoms with E-state index in [4.69, 9.17) is 0 Å². The van der Waals surface area contributed by atoms with Crippen LogP contribution in [-0.2, 0) is 9.84 Å². The fourth-order valence-electron chi connectivity index (χ4n) is 3.10. The lowest BCUT2D eigenvalue weighted by atomic mass is 9.97. The maximum Gasteiger partial charge on any atom is 0.182 e. The van der Waals surface area contributed by atoms with Crippen molar-refractivity contribution in [3.63, 3.8) is 0 Å². The maximum absolute atomic E-state index is 12.9. The minimum absolute atomic E-state index is 0.00362. The fraction of sp³-hybridized carbons (Fsp3) is 0.222. The first-order chi connectivity index (χ1) is 10.1. The Balaban J connectivity index is 2.02. The molecule has 0 spiro atoms. The first-order valence-corrected chi connectivity index (χ1v) is 8.64. The molecule has 1 aliphatic carbocycles. The SMILES string of the molecule is C=C1CC(c2ccccc2)C(S(=O)(=O)c2ccccc2)C1. The molecule has 3 heteroatoms. The van der Waals surface area contributed by atoms with E-state index in [1.807, 2.05) is 36.4 Å². The standard InChI is InChI=1S/C18H18O2S/c1-14-12-17(15-8-4-2-5-9-15)18(13-14)21(19,20)16-10-6-3-7-11-16/h2-11,17-18H,1,12-13H2. The van der Waals surface area contributed by atoms with Gasteiger partial charge < -0.3 is 0 Å². The second-order valence-electron chi connectivity index (χ2n) is 5.57. The van der Waals surface area contributed by atoms with Crippen molar-refractivity contribution in [1.82, 2.24) is 0 Å². The van der Waals surface area contributed by atoms with Gasteiger partial charge in [-0.1, -0.05) is 60.7 Å². The van der Waals surface area contributed by atoms with E-state index in [1.165, 1.54) is 0 Å². The third kappa shape index (κ3) is 2.66. The molecule has 0 heterocycles. The monoisotopic (exact) mass is 298 g/mol. The van der Waals surface area contributed by atoms with Crippen molar-refractivity contribution in [2.45, 2.75) is 28.9 Å². The van der Waals surface area contributed by atoms with Gasteiger partial charge in [0.1, 0.15) is 0 Å². The van der Waals surface area contributed by atoms with E-state index in [2.05, 4.69) is 6.58 Å². The number of benzene rings is 2. The second kappa shape index (κ2) is 5.49. The van der Waals surface area contributed by atoms with Gasteiger partial charge in [-0.25, -0.2) is 8.42 Å². The van der Waals surface area contributed by atoms with Crippen LogP contribution in [0.15, 0.2) is 77.7 Å². The third-order valence-electron chi connectivity index (χ3n) is 4.15. The van der Waals surface area contributed by atoms with Gasteiger partial charge in [0.2, 0.25) is 0 Å². The highest BCUT2D eigenvalue weighted by Crippen LogP contribution is 2.43. The van der Waals surface area contributed by atoms with Gasteiger partial charge in [-0.15, -0.1) is 0 Å². The Kier molecular flexibility index (Phi) is 3.68. The minimum atomic E-state index is -3.33. The van der Waals surface area contributed by atoms with Crippen molar-refractivity contribution < 1.29 is 8.42 Å². The molecular weight excluding hydrogens is 280 g/mol. The van der Waals surface area contributed by atoms with Crippen LogP contribution < -0.4 is 0 Å². The highest BCUT2D eigenvalue weighted by atomic mass is 32.2. The predicted molar refractivity (Wildman–Crippen MR) is 85.0 cm³/mol. The number of rotatable bonds is 3. The summed E-state index contributed by atoms with van der Waals surface area (Å²) in [6.45, 7) is 4.02. The molecule has 2 aromatic rings. The van der Waals surface area contributed by atoms with Gasteiger partial charge in [-0.05, 0) is 30.5 Å². The molecule has 2 aromatic carbocycles. The van der Waals surface area contributed by atoms with E-state index in [0.717, 1.165) is 17.6 Å². The molecule has 1 saturated carbocycles. The average Bonchev–Trinajstić information content (AvgIpc) is 2.92. The van der Waals surface area contributed by atoms with Crippen molar-refractivity contribution in [2.75, 3.05) is 0 Å². The number of sulfone groups is 1. The molecule has 108 valence electrons. The smallest absolute Gasteiger partial charge is 0.182 e. The normalized spacial score (nSPS) is 22.4. The summed E-state index contributed by atoms with van der Waals surface area (Å²) in [5.74, 6) is 0.00362. The highest BCUT2D eigenvalue weighted by molar-refractivity contribution is 7.92. The quantitative estimate of drug-likeness (QED) is 0.804. The van der Waals surface area contributed by atoms with Crippen LogP contribution in [0.2, 0.25) is 0 Å². The van der Waals surface area contributed by atoms with Gasteiger partial charge in [0.15, 0.2) is 9.84 Å². The molecule has 2 unspecified atom stereocenters. The van der Waals surface area contributed by atoms with Crippen molar-refractivity contribution in [1.29, 1.82) is 0 Å². The Morgan fingerprint density at radius 1 is 0.857 bits per heavy atom. The Morgan fingerprint density at radius 3 is 2.05 bits per heavy atom. The second-order valence-corrected chi connectivity index (χ2v) is 7.74. The molecule has 1 aliphatic rings. The summed E-state index contributed by atoms with van der Waals surface area (Å²) in [6, 6.07) is 18.6. The summed E-state index contributed by atoms with van der Waals surface area (Å²) in [7, 11) is -3.33. The van der Waals surface area contributed by atoms with Crippen LogP contribution in [0.4, 0.5) is 0 Å². The lowest BCUT2D eigenvalue weighted by molar-refractivity contribution is 0.569. The molecule has 21 heavy (non-hydrogen) atoms. The van der Waals surface area contributed by atoms with E-state index in [0.29, 0.717) is 11.3 Å². The van der Waals surface area contributed by atoms with Crippen LogP contribution in [0.5, 0.6) is 0 Å². The molecular formula is C18H18O2S. The zero-order chi connectivity index (χ0) is 14.9. The lowest BCUT2D eigenvalue weighted by Gasteiger charge is -2.20. The third-order valence-corrected chi connectivity index (χ3v) is 6.37. The van der Waals surface area contributed by atoms with Gasteiger partial charge in [0.05, 0.1) is 10.1 Å². The van der Waals surface area contributed by atoms with Crippen LogP contribution in [0.1, 0.15) is 24.3 Å². The van der Waals surface area contributed by atoms with Gasteiger partial charge >= 0.3 is 0 Å². The molecule has 1 fully saturated rings. The lowest BCUT2D eigenvalue weighted by Crippen LogP contribution is -2.24. The Morgan fingerprint density at radius 2 is 1.43 bits per heavy atom. The number of hydrogen-bond acceptors (Lipinski definition) is 2. The summed E-state index contributed by atoms with van der Waals surface area (Å²) >= 11 is 0. The minimum Gasteiger partial charge on any atom is -0.223 e. The Bertz CT molecular complexity index is 733. The molecule has 0 N–H and O–H groups in total. The van der Waals surface area contributed by atoms with Gasteiger partial charge in [0, 0.05) is 5.92 Å². The van der Waals surface area contributed by atoms with Crippen LogP contribution in [-0.4, -0.2) is 13.7 Å². The number of hydrogen-bond donors (Lipinski definition) is 0. The van der Waals surface area contributed by atoms with Gasteiger partial charge in [-0.3, -0.25) is 0 Å². The Hall–Kier alpha value is -1.87. The molecule has 3 rings (SSSR count). The molecule has 0 bridgehead atoms. The molecule has 0 saturated heterocycles. The fourth-order valence-corrected chi connectivity index (χ4v) is 5.12. The van der Waals surface area contributed by atoms with E-state index in [-0.39, 0.29) is 5.92 Å². The van der Waals surface area contributed by atoms with E-state index in [9.17, 15) is 8.42 Å². The summed E-state index contributed by atoms with van der Waals surface area (Å²) in [5, 5.41) is -0.408. The summed E-state index contributed by atoms with van der Waals surface area (Å²) < 4.78 is 25.8. The first-order valence-electron chi connectivity index (χ1n) is 7.09. The zero-order valence-corrected chi connectivity index (χ0v) is 12.6. The largest absolute Gasteiger partial charge is 0.223 e. The molecule has 2 nitrogen and oxygen atoms in total. The van der Waals surface area contributed by atoms with E-state index in [1.54, 1.807) is 24.3 Å². The average molecular weight is 298 g/mol. The first kappa shape index (κ1) is 14.1. The summed E-state index contributed by atoms with van der Waals surface area (Å²) in [5.41, 5.74) is 2.11. The molecule has 0 radical (unpaired) electrons. The molecule has 0 aliphatic heterocycles. The van der Waals surface area contributed by atoms with E-state index >= 15 is 0 Å². The predicted octanol–water partition coefficient (Wildman–Crippen LogP) is 3.96. The maximum atomic E-state index is 12.9. The Labute approximate surface area is 126 Å². The highest BCUT2D eigenvalue weighted by Gasteiger charge is 2.40. The van der Waals surface area contributed by atoms with E-state index < -0.39 is 15.1 Å². The summed E-state index contributed by atoms with van der Waals surface area (Å²) in [6.07, 6.45) is 1.30. The number of allylic oxidation sites excluding steroid dienone is 1. The summed E-state index contributed by atoms with van der Waals surface area (Å²) in [4.78, 5) is 0.408. The van der Waals surface area contributed by atoms with Crippen LogP contribution in [0, 0.1) is 0 Å². The van der Waals surface area contributed by atoms with Crippen LogP contribution >= 0.6 is 0 Å². The molecule has 0 aromatic heterocycles. The van der Waals surface area contributed by atoms with Crippen molar-refractivity contribution in [3.05, 3.63) is 78.4 Å². The van der Waals surface area contributed by atoms with Crippen molar-refractivity contribution in [3.8, 4) is 0 Å². The zero-order valence-electron chi connectivity index (χ0n) is 11.8. The van der Waals surface area contributed by atoms with Gasteiger partial charge in [0.25, 0.3) is 0 Å². The molecule has 0 amide bonds. The van der Waals surface area contributed by atoms with Crippen LogP contribution in [0.25, 0.3) is 0 Å². The van der Waals surface area contributed by atoms with Crippen molar-refractivity contribution >= 4 is 9.84 Å². The van der Waals surface area contributed by atoms with Crippen LogP contribution in [0.3, 0.4) is 0 Å². The van der Waals surface area contributed by atoms with Crippen molar-refractivity contribution in [2.24, 2.45) is 0 Å². The topological polar surface area (TPSA) is 34.1 Å².